The molecule has 2 amide bonds. The molecular formula is C25H33N3O4. The topological polar surface area (TPSA) is 89.5 Å². The molecule has 0 bridgehead atoms. The van der Waals surface area contributed by atoms with E-state index in [-0.39, 0.29) is 12.5 Å². The Morgan fingerprint density at radius 1 is 1.06 bits per heavy atom. The Labute approximate surface area is 189 Å². The van der Waals surface area contributed by atoms with Crippen molar-refractivity contribution in [2.75, 3.05) is 5.32 Å². The van der Waals surface area contributed by atoms with Crippen LogP contribution in [0, 0.1) is 6.92 Å². The molecule has 1 aliphatic carbocycles. The number of anilines is 1. The second-order valence-corrected chi connectivity index (χ2v) is 9.16. The number of hydrogen-bond acceptors (Lipinski definition) is 5. The maximum absolute atomic E-state index is 12.7. The zero-order valence-corrected chi connectivity index (χ0v) is 19.4. The quantitative estimate of drug-likeness (QED) is 0.624. The van der Waals surface area contributed by atoms with Gasteiger partial charge in [-0.05, 0) is 70.4 Å². The molecule has 0 spiro atoms. The van der Waals surface area contributed by atoms with E-state index in [9.17, 15) is 9.59 Å². The average molecular weight is 440 g/mol. The number of nitrogens with one attached hydrogen (secondary N) is 2. The van der Waals surface area contributed by atoms with Crippen molar-refractivity contribution in [2.24, 2.45) is 0 Å². The SMILES string of the molecule is Cc1nc(CNC(=O)OC(C)(C)C)ccc1C(=O)Nc1ccc(COC2CCCC2)cc1. The summed E-state index contributed by atoms with van der Waals surface area (Å²) in [4.78, 5) is 28.9. The summed E-state index contributed by atoms with van der Waals surface area (Å²) < 4.78 is 11.2. The first-order valence-electron chi connectivity index (χ1n) is 11.1. The minimum atomic E-state index is -0.559. The van der Waals surface area contributed by atoms with Crippen LogP contribution in [0.4, 0.5) is 10.5 Å². The van der Waals surface area contributed by atoms with Crippen LogP contribution >= 0.6 is 0 Å². The van der Waals surface area contributed by atoms with Gasteiger partial charge in [0.2, 0.25) is 0 Å². The Hall–Kier alpha value is -2.93. The van der Waals surface area contributed by atoms with Gasteiger partial charge in [-0.2, -0.15) is 0 Å². The van der Waals surface area contributed by atoms with Crippen LogP contribution < -0.4 is 10.6 Å². The van der Waals surface area contributed by atoms with Gasteiger partial charge < -0.3 is 20.1 Å². The monoisotopic (exact) mass is 439 g/mol. The molecular weight excluding hydrogens is 406 g/mol. The van der Waals surface area contributed by atoms with E-state index in [1.54, 1.807) is 39.8 Å². The maximum atomic E-state index is 12.7. The number of hydrogen-bond donors (Lipinski definition) is 2. The highest BCUT2D eigenvalue weighted by molar-refractivity contribution is 6.05. The molecule has 172 valence electrons. The second kappa shape index (κ2) is 10.6. The molecule has 1 heterocycles. The van der Waals surface area contributed by atoms with Crippen molar-refractivity contribution >= 4 is 17.7 Å². The largest absolute Gasteiger partial charge is 0.444 e. The van der Waals surface area contributed by atoms with Gasteiger partial charge in [0, 0.05) is 5.69 Å². The van der Waals surface area contributed by atoms with Crippen molar-refractivity contribution in [3.63, 3.8) is 0 Å². The van der Waals surface area contributed by atoms with Gasteiger partial charge in [0.25, 0.3) is 5.91 Å². The molecule has 1 fully saturated rings. The number of benzene rings is 1. The number of carbonyl (C=O) groups is 2. The standard InChI is InChI=1S/C25H33N3O4/c1-17-22(14-13-20(27-17)15-26-24(30)32-25(2,3)4)23(29)28-19-11-9-18(10-12-19)16-31-21-7-5-6-8-21/h9-14,21H,5-8,15-16H2,1-4H3,(H,26,30)(H,28,29). The summed E-state index contributed by atoms with van der Waals surface area (Å²) in [5.41, 5.74) is 2.98. The third-order valence-corrected chi connectivity index (χ3v) is 5.20. The van der Waals surface area contributed by atoms with E-state index in [1.807, 2.05) is 24.3 Å². The average Bonchev–Trinajstić information content (AvgIpc) is 3.24. The molecule has 0 radical (unpaired) electrons. The molecule has 0 aliphatic heterocycles. The fourth-order valence-corrected chi connectivity index (χ4v) is 3.58. The van der Waals surface area contributed by atoms with Gasteiger partial charge in [-0.15, -0.1) is 0 Å². The van der Waals surface area contributed by atoms with E-state index in [1.165, 1.54) is 12.8 Å². The number of amides is 2. The molecule has 2 N–H and O–H groups in total. The normalized spacial score (nSPS) is 14.2. The van der Waals surface area contributed by atoms with Crippen molar-refractivity contribution in [1.29, 1.82) is 0 Å². The van der Waals surface area contributed by atoms with Gasteiger partial charge in [-0.25, -0.2) is 4.79 Å². The fraction of sp³-hybridized carbons (Fsp3) is 0.480. The van der Waals surface area contributed by atoms with Gasteiger partial charge in [0.15, 0.2) is 0 Å². The molecule has 2 aromatic rings. The number of nitrogens with zero attached hydrogens (tertiary/aromatic N) is 1. The van der Waals surface area contributed by atoms with Crippen LogP contribution in [0.5, 0.6) is 0 Å². The molecule has 0 unspecified atom stereocenters. The van der Waals surface area contributed by atoms with Gasteiger partial charge in [0.05, 0.1) is 36.2 Å². The zero-order chi connectivity index (χ0) is 23.1. The molecule has 1 saturated carbocycles. The van der Waals surface area contributed by atoms with Gasteiger partial charge in [-0.1, -0.05) is 25.0 Å². The van der Waals surface area contributed by atoms with E-state index in [4.69, 9.17) is 9.47 Å². The van der Waals surface area contributed by atoms with E-state index in [0.717, 1.165) is 24.1 Å². The number of aromatic nitrogens is 1. The van der Waals surface area contributed by atoms with E-state index in [2.05, 4.69) is 15.6 Å². The molecule has 3 rings (SSSR count). The summed E-state index contributed by atoms with van der Waals surface area (Å²) in [7, 11) is 0. The predicted octanol–water partition coefficient (Wildman–Crippen LogP) is 5.13. The first kappa shape index (κ1) is 23.7. The van der Waals surface area contributed by atoms with Crippen molar-refractivity contribution in [3.8, 4) is 0 Å². The van der Waals surface area contributed by atoms with Crippen LogP contribution in [0.3, 0.4) is 0 Å². The Balaban J connectivity index is 1.51. The summed E-state index contributed by atoms with van der Waals surface area (Å²) in [5, 5.41) is 5.58. The molecule has 0 saturated heterocycles. The lowest BCUT2D eigenvalue weighted by atomic mass is 10.1. The number of carbonyl (C=O) groups excluding carboxylic acids is 2. The van der Waals surface area contributed by atoms with Crippen molar-refractivity contribution < 1.29 is 19.1 Å². The van der Waals surface area contributed by atoms with Gasteiger partial charge in [0.1, 0.15) is 5.60 Å². The van der Waals surface area contributed by atoms with E-state index >= 15 is 0 Å². The van der Waals surface area contributed by atoms with Crippen molar-refractivity contribution in [2.45, 2.75) is 78.2 Å². The van der Waals surface area contributed by atoms with Gasteiger partial charge >= 0.3 is 6.09 Å². The molecule has 1 aromatic heterocycles. The Morgan fingerprint density at radius 3 is 2.38 bits per heavy atom. The minimum Gasteiger partial charge on any atom is -0.444 e. The molecule has 1 aliphatic rings. The summed E-state index contributed by atoms with van der Waals surface area (Å²) in [5.74, 6) is -0.225. The van der Waals surface area contributed by atoms with E-state index < -0.39 is 11.7 Å². The molecule has 0 atom stereocenters. The third-order valence-electron chi connectivity index (χ3n) is 5.20. The van der Waals surface area contributed by atoms with Crippen LogP contribution in [0.15, 0.2) is 36.4 Å². The number of rotatable bonds is 7. The molecule has 7 nitrogen and oxygen atoms in total. The minimum absolute atomic E-state index is 0.224. The zero-order valence-electron chi connectivity index (χ0n) is 19.4. The lowest BCUT2D eigenvalue weighted by Crippen LogP contribution is -2.32. The second-order valence-electron chi connectivity index (χ2n) is 9.16. The van der Waals surface area contributed by atoms with Crippen LogP contribution in [0.2, 0.25) is 0 Å². The fourth-order valence-electron chi connectivity index (χ4n) is 3.58. The maximum Gasteiger partial charge on any atom is 0.407 e. The molecule has 1 aromatic carbocycles. The van der Waals surface area contributed by atoms with Crippen LogP contribution in [-0.4, -0.2) is 28.7 Å². The van der Waals surface area contributed by atoms with Gasteiger partial charge in [-0.3, -0.25) is 9.78 Å². The summed E-state index contributed by atoms with van der Waals surface area (Å²) in [6.07, 6.45) is 4.69. The lowest BCUT2D eigenvalue weighted by Gasteiger charge is -2.19. The summed E-state index contributed by atoms with van der Waals surface area (Å²) in [6.45, 7) is 8.01. The Bertz CT molecular complexity index is 929. The third kappa shape index (κ3) is 7.34. The smallest absolute Gasteiger partial charge is 0.407 e. The summed E-state index contributed by atoms with van der Waals surface area (Å²) in [6, 6.07) is 11.2. The highest BCUT2D eigenvalue weighted by atomic mass is 16.6. The number of alkyl carbamates (subject to hydrolysis) is 1. The first-order valence-corrected chi connectivity index (χ1v) is 11.1. The molecule has 7 heteroatoms. The Morgan fingerprint density at radius 2 is 1.75 bits per heavy atom. The van der Waals surface area contributed by atoms with E-state index in [0.29, 0.717) is 29.7 Å². The van der Waals surface area contributed by atoms with Crippen molar-refractivity contribution in [3.05, 3.63) is 58.9 Å². The number of ether oxygens (including phenoxy) is 2. The van der Waals surface area contributed by atoms with Crippen LogP contribution in [0.1, 0.15) is 73.8 Å². The van der Waals surface area contributed by atoms with Crippen LogP contribution in [-0.2, 0) is 22.6 Å². The highest BCUT2D eigenvalue weighted by Crippen LogP contribution is 2.22. The Kier molecular flexibility index (Phi) is 7.85. The van der Waals surface area contributed by atoms with Crippen molar-refractivity contribution in [1.82, 2.24) is 10.3 Å². The highest BCUT2D eigenvalue weighted by Gasteiger charge is 2.17. The summed E-state index contributed by atoms with van der Waals surface area (Å²) >= 11 is 0. The lowest BCUT2D eigenvalue weighted by molar-refractivity contribution is 0.0457. The number of pyridine rings is 1. The number of aryl methyl sites for hydroxylation is 1. The predicted molar refractivity (Wildman–Crippen MR) is 123 cm³/mol. The molecule has 32 heavy (non-hydrogen) atoms. The first-order chi connectivity index (χ1) is 15.2. The van der Waals surface area contributed by atoms with Crippen LogP contribution in [0.25, 0.3) is 0 Å².